The van der Waals surface area contributed by atoms with Crippen molar-refractivity contribution in [2.75, 3.05) is 12.4 Å². The molecule has 0 heterocycles. The van der Waals surface area contributed by atoms with Crippen molar-refractivity contribution in [1.29, 1.82) is 0 Å². The van der Waals surface area contributed by atoms with Crippen LogP contribution in [-0.2, 0) is 15.1 Å². The Morgan fingerprint density at radius 2 is 1.30 bits per heavy atom. The third-order valence-corrected chi connectivity index (χ3v) is 3.89. The molecule has 0 radical (unpaired) electrons. The molecule has 1 atom stereocenters. The SMILES string of the molecule is COC(=O)[C@@](O)(c1ccc(NC(=O)c2c(F)c(F)c(F)c(F)c2F)cc1)C(F)(F)F. The summed E-state index contributed by atoms with van der Waals surface area (Å²) in [6, 6.07) is 2.41. The van der Waals surface area contributed by atoms with E-state index in [9.17, 15) is 49.8 Å². The summed E-state index contributed by atoms with van der Waals surface area (Å²) in [5.41, 5.74) is -7.37. The number of benzene rings is 2. The molecule has 2 aromatic carbocycles. The Bertz CT molecular complexity index is 977. The van der Waals surface area contributed by atoms with Crippen LogP contribution in [0.2, 0.25) is 0 Å². The number of anilines is 1. The van der Waals surface area contributed by atoms with Crippen LogP contribution in [0.25, 0.3) is 0 Å². The second-order valence-corrected chi connectivity index (χ2v) is 5.68. The summed E-state index contributed by atoms with van der Waals surface area (Å²) in [5.74, 6) is -15.9. The smallest absolute Gasteiger partial charge is 0.432 e. The van der Waals surface area contributed by atoms with Gasteiger partial charge in [0.05, 0.1) is 7.11 Å². The Morgan fingerprint density at radius 3 is 1.70 bits per heavy atom. The van der Waals surface area contributed by atoms with E-state index in [4.69, 9.17) is 0 Å². The normalized spacial score (nSPS) is 13.5. The van der Waals surface area contributed by atoms with Crippen LogP contribution in [-0.4, -0.2) is 30.3 Å². The number of esters is 1. The lowest BCUT2D eigenvalue weighted by molar-refractivity contribution is -0.266. The molecule has 30 heavy (non-hydrogen) atoms. The van der Waals surface area contributed by atoms with Gasteiger partial charge < -0.3 is 15.2 Å². The van der Waals surface area contributed by atoms with Crippen LogP contribution in [0.1, 0.15) is 15.9 Å². The first-order valence-corrected chi connectivity index (χ1v) is 7.58. The number of amides is 1. The summed E-state index contributed by atoms with van der Waals surface area (Å²) in [6.07, 6.45) is -5.50. The number of aliphatic hydroxyl groups is 1. The molecule has 0 aromatic heterocycles. The summed E-state index contributed by atoms with van der Waals surface area (Å²) in [6.45, 7) is 0. The van der Waals surface area contributed by atoms with Gasteiger partial charge in [-0.2, -0.15) is 13.2 Å². The standard InChI is InChI=1S/C17H9F8NO4/c1-30-15(28)16(29,17(23,24)25)6-2-4-7(5-3-6)26-14(27)8-9(18)11(20)13(22)12(21)10(8)19/h2-5,29H,1H3,(H,26,27)/t16-/m0/s1. The molecule has 13 heteroatoms. The summed E-state index contributed by atoms with van der Waals surface area (Å²) in [4.78, 5) is 23.4. The quantitative estimate of drug-likeness (QED) is 0.328. The monoisotopic (exact) mass is 443 g/mol. The number of carbonyl (C=O) groups excluding carboxylic acids is 2. The number of rotatable bonds is 4. The average molecular weight is 443 g/mol. The minimum Gasteiger partial charge on any atom is -0.466 e. The second-order valence-electron chi connectivity index (χ2n) is 5.68. The maximum atomic E-state index is 13.6. The van der Waals surface area contributed by atoms with E-state index in [-0.39, 0.29) is 0 Å². The lowest BCUT2D eigenvalue weighted by Gasteiger charge is -2.28. The van der Waals surface area contributed by atoms with E-state index < -0.39 is 69.6 Å². The highest BCUT2D eigenvalue weighted by Gasteiger charge is 2.62. The maximum absolute atomic E-state index is 13.6. The molecule has 2 N–H and O–H groups in total. The zero-order valence-corrected chi connectivity index (χ0v) is 14.5. The van der Waals surface area contributed by atoms with Crippen LogP contribution in [0.5, 0.6) is 0 Å². The van der Waals surface area contributed by atoms with Crippen LogP contribution in [0, 0.1) is 29.1 Å². The van der Waals surface area contributed by atoms with E-state index in [0.29, 0.717) is 31.4 Å². The number of carbonyl (C=O) groups is 2. The Hall–Kier alpha value is -3.22. The van der Waals surface area contributed by atoms with E-state index in [1.807, 2.05) is 0 Å². The second kappa shape index (κ2) is 7.89. The van der Waals surface area contributed by atoms with Crippen molar-refractivity contribution in [3.05, 3.63) is 64.5 Å². The van der Waals surface area contributed by atoms with Crippen molar-refractivity contribution in [2.45, 2.75) is 11.8 Å². The molecule has 0 aliphatic rings. The molecule has 0 saturated carbocycles. The minimum absolute atomic E-state index is 0.456. The Balaban J connectivity index is 2.40. The summed E-state index contributed by atoms with van der Waals surface area (Å²) in [7, 11) is 0.595. The molecular weight excluding hydrogens is 434 g/mol. The fraction of sp³-hybridized carbons (Fsp3) is 0.176. The fourth-order valence-corrected chi connectivity index (χ4v) is 2.34. The third kappa shape index (κ3) is 3.67. The van der Waals surface area contributed by atoms with Gasteiger partial charge in [-0.25, -0.2) is 26.7 Å². The van der Waals surface area contributed by atoms with Crippen LogP contribution in [0.15, 0.2) is 24.3 Å². The third-order valence-electron chi connectivity index (χ3n) is 3.89. The van der Waals surface area contributed by atoms with Gasteiger partial charge in [-0.1, -0.05) is 12.1 Å². The van der Waals surface area contributed by atoms with Gasteiger partial charge in [-0.3, -0.25) is 4.79 Å². The lowest BCUT2D eigenvalue weighted by Crippen LogP contribution is -2.49. The molecule has 0 bridgehead atoms. The van der Waals surface area contributed by atoms with Gasteiger partial charge in [0.25, 0.3) is 11.5 Å². The number of alkyl halides is 3. The molecule has 2 rings (SSSR count). The molecule has 1 amide bonds. The predicted molar refractivity (Wildman–Crippen MR) is 82.6 cm³/mol. The van der Waals surface area contributed by atoms with E-state index in [1.54, 1.807) is 5.32 Å². The van der Waals surface area contributed by atoms with E-state index >= 15 is 0 Å². The van der Waals surface area contributed by atoms with Crippen molar-refractivity contribution in [3.63, 3.8) is 0 Å². The van der Waals surface area contributed by atoms with E-state index in [1.165, 1.54) is 0 Å². The molecule has 0 aliphatic heterocycles. The first kappa shape index (κ1) is 23.1. The first-order valence-electron chi connectivity index (χ1n) is 7.58. The zero-order valence-electron chi connectivity index (χ0n) is 14.5. The van der Waals surface area contributed by atoms with Crippen LogP contribution >= 0.6 is 0 Å². The molecule has 0 aliphatic carbocycles. The summed E-state index contributed by atoms with van der Waals surface area (Å²) >= 11 is 0. The number of methoxy groups -OCH3 is 1. The Morgan fingerprint density at radius 1 is 0.867 bits per heavy atom. The van der Waals surface area contributed by atoms with Gasteiger partial charge in [-0.15, -0.1) is 0 Å². The zero-order chi connectivity index (χ0) is 23.0. The highest BCUT2D eigenvalue weighted by atomic mass is 19.4. The minimum atomic E-state index is -5.50. The molecule has 0 saturated heterocycles. The number of halogens is 8. The summed E-state index contributed by atoms with van der Waals surface area (Å²) < 4.78 is 110. The van der Waals surface area contributed by atoms with Gasteiger partial charge in [0.2, 0.25) is 5.82 Å². The number of hydrogen-bond donors (Lipinski definition) is 2. The van der Waals surface area contributed by atoms with Crippen molar-refractivity contribution in [2.24, 2.45) is 0 Å². The van der Waals surface area contributed by atoms with Crippen molar-refractivity contribution < 1.29 is 54.6 Å². The predicted octanol–water partition coefficient (Wildman–Crippen LogP) is 3.56. The molecule has 0 unspecified atom stereocenters. The van der Waals surface area contributed by atoms with Gasteiger partial charge >= 0.3 is 12.1 Å². The van der Waals surface area contributed by atoms with E-state index in [0.717, 1.165) is 0 Å². The lowest BCUT2D eigenvalue weighted by atomic mass is 9.93. The van der Waals surface area contributed by atoms with Crippen molar-refractivity contribution in [3.8, 4) is 0 Å². The number of ether oxygens (including phenoxy) is 1. The highest BCUT2D eigenvalue weighted by Crippen LogP contribution is 2.40. The van der Waals surface area contributed by atoms with Gasteiger partial charge in [0.15, 0.2) is 23.3 Å². The molecule has 5 nitrogen and oxygen atoms in total. The van der Waals surface area contributed by atoms with Gasteiger partial charge in [0.1, 0.15) is 5.56 Å². The fourth-order valence-electron chi connectivity index (χ4n) is 2.34. The van der Waals surface area contributed by atoms with Crippen molar-refractivity contribution >= 4 is 17.6 Å². The Labute approximate surface area is 161 Å². The van der Waals surface area contributed by atoms with Crippen molar-refractivity contribution in [1.82, 2.24) is 0 Å². The molecule has 2 aromatic rings. The van der Waals surface area contributed by atoms with Crippen LogP contribution < -0.4 is 5.32 Å². The van der Waals surface area contributed by atoms with Gasteiger partial charge in [-0.05, 0) is 12.1 Å². The Kier molecular flexibility index (Phi) is 6.07. The van der Waals surface area contributed by atoms with Crippen LogP contribution in [0.3, 0.4) is 0 Å². The first-order chi connectivity index (χ1) is 13.8. The largest absolute Gasteiger partial charge is 0.466 e. The molecule has 0 spiro atoms. The number of nitrogens with one attached hydrogen (secondary N) is 1. The van der Waals surface area contributed by atoms with Crippen LogP contribution in [0.4, 0.5) is 40.8 Å². The highest BCUT2D eigenvalue weighted by molar-refractivity contribution is 6.04. The molecular formula is C17H9F8NO4. The van der Waals surface area contributed by atoms with E-state index in [2.05, 4.69) is 4.74 Å². The topological polar surface area (TPSA) is 75.6 Å². The average Bonchev–Trinajstić information content (AvgIpc) is 2.69. The number of hydrogen-bond acceptors (Lipinski definition) is 4. The molecule has 0 fully saturated rings. The summed E-state index contributed by atoms with van der Waals surface area (Å²) in [5, 5.41) is 11.5. The maximum Gasteiger partial charge on any atom is 0.432 e. The molecule has 162 valence electrons. The van der Waals surface area contributed by atoms with Gasteiger partial charge in [0, 0.05) is 11.3 Å².